The summed E-state index contributed by atoms with van der Waals surface area (Å²) >= 11 is 0. The molecule has 0 bridgehead atoms. The molecular weight excluding hydrogens is 464 g/mol. The van der Waals surface area contributed by atoms with Crippen molar-refractivity contribution < 1.29 is 28.7 Å². The Morgan fingerprint density at radius 3 is 2.06 bits per heavy atom. The summed E-state index contributed by atoms with van der Waals surface area (Å²) in [5, 5.41) is 5.22. The zero-order valence-electron chi connectivity index (χ0n) is 21.1. The molecule has 10 heteroatoms. The minimum atomic E-state index is -0.833. The Hall–Kier alpha value is -3.47. The van der Waals surface area contributed by atoms with E-state index in [0.717, 1.165) is 11.1 Å². The average molecular weight is 501 g/mol. The Balaban J connectivity index is 1.85. The summed E-state index contributed by atoms with van der Waals surface area (Å²) in [7, 11) is 0. The van der Waals surface area contributed by atoms with Gasteiger partial charge in [-0.3, -0.25) is 14.4 Å². The number of hydrogen-bond donors (Lipinski definition) is 3. The predicted molar refractivity (Wildman–Crippen MR) is 134 cm³/mol. The van der Waals surface area contributed by atoms with Gasteiger partial charge >= 0.3 is 6.03 Å². The molecule has 0 fully saturated rings. The van der Waals surface area contributed by atoms with Crippen molar-refractivity contribution in [1.82, 2.24) is 21.0 Å². The Kier molecular flexibility index (Phi) is 13.0. The van der Waals surface area contributed by atoms with E-state index in [1.807, 2.05) is 74.5 Å². The van der Waals surface area contributed by atoms with Crippen molar-refractivity contribution in [3.63, 3.8) is 0 Å². The van der Waals surface area contributed by atoms with Crippen LogP contribution in [-0.4, -0.2) is 61.4 Å². The van der Waals surface area contributed by atoms with Crippen molar-refractivity contribution >= 4 is 17.8 Å². The molecule has 0 aliphatic carbocycles. The van der Waals surface area contributed by atoms with E-state index in [1.165, 1.54) is 0 Å². The van der Waals surface area contributed by atoms with Gasteiger partial charge in [0.2, 0.25) is 11.8 Å². The van der Waals surface area contributed by atoms with Crippen LogP contribution in [0.4, 0.5) is 4.79 Å². The van der Waals surface area contributed by atoms with E-state index in [-0.39, 0.29) is 12.5 Å². The number of nitrogens with zero attached hydrogens (tertiary/aromatic N) is 1. The quantitative estimate of drug-likeness (QED) is 0.255. The lowest BCUT2D eigenvalue weighted by atomic mass is 10.2. The molecule has 0 saturated heterocycles. The second-order valence-corrected chi connectivity index (χ2v) is 7.89. The van der Waals surface area contributed by atoms with Gasteiger partial charge in [0.1, 0.15) is 6.04 Å². The second-order valence-electron chi connectivity index (χ2n) is 7.89. The largest absolute Gasteiger partial charge is 0.351 e. The van der Waals surface area contributed by atoms with Crippen LogP contribution in [0.15, 0.2) is 60.7 Å². The van der Waals surface area contributed by atoms with Crippen LogP contribution in [0.3, 0.4) is 0 Å². The molecule has 0 spiro atoms. The van der Waals surface area contributed by atoms with Gasteiger partial charge in [0.25, 0.3) is 0 Å². The summed E-state index contributed by atoms with van der Waals surface area (Å²) in [6.45, 7) is 6.58. The molecule has 0 aliphatic rings. The van der Waals surface area contributed by atoms with E-state index >= 15 is 0 Å². The highest BCUT2D eigenvalue weighted by Gasteiger charge is 2.25. The smallest absolute Gasteiger partial charge is 0.338 e. The number of urea groups is 1. The third-order valence-corrected chi connectivity index (χ3v) is 5.01. The van der Waals surface area contributed by atoms with E-state index in [9.17, 15) is 14.4 Å². The molecule has 2 rings (SSSR count). The number of hydroxylamine groups is 1. The fraction of sp³-hybridized carbons (Fsp3) is 0.423. The zero-order chi connectivity index (χ0) is 26.2. The minimum absolute atomic E-state index is 0.204. The van der Waals surface area contributed by atoms with Crippen molar-refractivity contribution in [3.8, 4) is 0 Å². The topological polar surface area (TPSA) is 118 Å². The number of nitrogens with one attached hydrogen (secondary N) is 3. The molecule has 0 radical (unpaired) electrons. The van der Waals surface area contributed by atoms with Crippen LogP contribution in [0.1, 0.15) is 31.9 Å². The van der Waals surface area contributed by atoms with E-state index in [4.69, 9.17) is 14.3 Å². The zero-order valence-corrected chi connectivity index (χ0v) is 21.1. The Bertz CT molecular complexity index is 923. The summed E-state index contributed by atoms with van der Waals surface area (Å²) in [4.78, 5) is 43.9. The molecule has 0 aromatic heterocycles. The fourth-order valence-corrected chi connectivity index (χ4v) is 3.34. The number of ether oxygens (including phenoxy) is 2. The lowest BCUT2D eigenvalue weighted by molar-refractivity contribution is -0.161. The highest BCUT2D eigenvalue weighted by atomic mass is 16.7. The third-order valence-electron chi connectivity index (χ3n) is 5.01. The minimum Gasteiger partial charge on any atom is -0.351 e. The summed E-state index contributed by atoms with van der Waals surface area (Å²) < 4.78 is 11.2. The van der Waals surface area contributed by atoms with Crippen LogP contribution in [0.2, 0.25) is 0 Å². The second kappa shape index (κ2) is 16.2. The van der Waals surface area contributed by atoms with Crippen molar-refractivity contribution in [2.24, 2.45) is 0 Å². The first kappa shape index (κ1) is 28.8. The van der Waals surface area contributed by atoms with Crippen LogP contribution in [-0.2, 0) is 37.0 Å². The summed E-state index contributed by atoms with van der Waals surface area (Å²) in [5.74, 6) is -0.852. The van der Waals surface area contributed by atoms with Crippen LogP contribution >= 0.6 is 0 Å². The molecule has 0 saturated carbocycles. The molecular formula is C26H36N4O6. The van der Waals surface area contributed by atoms with E-state index in [1.54, 1.807) is 11.8 Å². The molecule has 0 aliphatic heterocycles. The fourth-order valence-electron chi connectivity index (χ4n) is 3.34. The first-order chi connectivity index (χ1) is 17.4. The van der Waals surface area contributed by atoms with Crippen LogP contribution in [0, 0.1) is 0 Å². The maximum absolute atomic E-state index is 13.2. The maximum Gasteiger partial charge on any atom is 0.338 e. The monoisotopic (exact) mass is 500 g/mol. The normalized spacial score (nSPS) is 11.6. The van der Waals surface area contributed by atoms with E-state index in [2.05, 4.69) is 16.1 Å². The van der Waals surface area contributed by atoms with Crippen molar-refractivity contribution in [1.29, 1.82) is 0 Å². The number of hydrogen-bond acceptors (Lipinski definition) is 6. The highest BCUT2D eigenvalue weighted by Crippen LogP contribution is 2.10. The summed E-state index contributed by atoms with van der Waals surface area (Å²) in [5.41, 5.74) is 4.02. The van der Waals surface area contributed by atoms with Gasteiger partial charge in [-0.25, -0.2) is 10.3 Å². The molecule has 4 amide bonds. The maximum atomic E-state index is 13.2. The van der Waals surface area contributed by atoms with Gasteiger partial charge in [0.05, 0.1) is 6.54 Å². The number of carbonyl (C=O) groups excluding carboxylic acids is 3. The lowest BCUT2D eigenvalue weighted by Gasteiger charge is -2.30. The highest BCUT2D eigenvalue weighted by molar-refractivity contribution is 5.87. The molecule has 10 nitrogen and oxygen atoms in total. The molecule has 36 heavy (non-hydrogen) atoms. The van der Waals surface area contributed by atoms with Gasteiger partial charge in [-0.05, 0) is 31.9 Å². The van der Waals surface area contributed by atoms with Crippen molar-refractivity contribution in [3.05, 3.63) is 71.8 Å². The van der Waals surface area contributed by atoms with Crippen LogP contribution in [0.25, 0.3) is 0 Å². The molecule has 196 valence electrons. The van der Waals surface area contributed by atoms with E-state index in [0.29, 0.717) is 26.3 Å². The number of amides is 4. The molecule has 1 atom stereocenters. The lowest BCUT2D eigenvalue weighted by Crippen LogP contribution is -2.50. The first-order valence-corrected chi connectivity index (χ1v) is 12.0. The SMILES string of the molecule is CCOC(CN(Cc1ccccc1)C(=O)[C@H](C)NC(=O)CONC(=O)NCc1ccccc1)OCC. The third kappa shape index (κ3) is 10.9. The van der Waals surface area contributed by atoms with Gasteiger partial charge in [0.15, 0.2) is 12.9 Å². The number of carbonyl (C=O) groups is 3. The van der Waals surface area contributed by atoms with Crippen LogP contribution in [0.5, 0.6) is 0 Å². The van der Waals surface area contributed by atoms with E-state index < -0.39 is 30.9 Å². The Morgan fingerprint density at radius 2 is 1.47 bits per heavy atom. The average Bonchev–Trinajstić information content (AvgIpc) is 2.88. The molecule has 2 aromatic carbocycles. The standard InChI is InChI=1S/C26H36N4O6/c1-4-34-24(35-5-2)18-30(17-22-14-10-7-11-15-22)25(32)20(3)28-23(31)19-36-29-26(33)27-16-21-12-8-6-9-13-21/h6-15,20,24H,4-5,16-19H2,1-3H3,(H,28,31)(H2,27,29,33)/t20-/m0/s1. The molecule has 2 aromatic rings. The predicted octanol–water partition coefficient (Wildman–Crippen LogP) is 2.35. The van der Waals surface area contributed by atoms with Gasteiger partial charge in [-0.1, -0.05) is 60.7 Å². The van der Waals surface area contributed by atoms with Gasteiger partial charge in [-0.15, -0.1) is 0 Å². The summed E-state index contributed by atoms with van der Waals surface area (Å²) in [6.07, 6.45) is -0.586. The first-order valence-electron chi connectivity index (χ1n) is 12.0. The Morgan fingerprint density at radius 1 is 0.889 bits per heavy atom. The van der Waals surface area contributed by atoms with Crippen LogP contribution < -0.4 is 16.1 Å². The van der Waals surface area contributed by atoms with Crippen molar-refractivity contribution in [2.45, 2.75) is 46.2 Å². The van der Waals surface area contributed by atoms with Gasteiger partial charge < -0.3 is 25.0 Å². The number of rotatable bonds is 15. The Labute approximate surface area is 212 Å². The summed E-state index contributed by atoms with van der Waals surface area (Å²) in [6, 6.07) is 17.5. The molecule has 0 unspecified atom stereocenters. The molecule has 0 heterocycles. The number of benzene rings is 2. The van der Waals surface area contributed by atoms with Gasteiger partial charge in [0, 0.05) is 26.3 Å². The molecule has 3 N–H and O–H groups in total. The van der Waals surface area contributed by atoms with Crippen molar-refractivity contribution in [2.75, 3.05) is 26.4 Å². The van der Waals surface area contributed by atoms with Gasteiger partial charge in [-0.2, -0.15) is 0 Å².